The zero-order chi connectivity index (χ0) is 14.9. The molecule has 2 rings (SSSR count). The number of carbonyl (C=O) groups excluding carboxylic acids is 1. The highest BCUT2D eigenvalue weighted by Gasteiger charge is 2.64. The van der Waals surface area contributed by atoms with Crippen LogP contribution in [0.5, 0.6) is 5.75 Å². The molecule has 108 valence electrons. The van der Waals surface area contributed by atoms with E-state index in [-0.39, 0.29) is 23.2 Å². The molecule has 3 nitrogen and oxygen atoms in total. The van der Waals surface area contributed by atoms with Gasteiger partial charge >= 0.3 is 5.97 Å². The Morgan fingerprint density at radius 1 is 1.25 bits per heavy atom. The smallest absolute Gasteiger partial charge is 0.309 e. The van der Waals surface area contributed by atoms with Gasteiger partial charge in [0.1, 0.15) is 5.75 Å². The third kappa shape index (κ3) is 2.31. The van der Waals surface area contributed by atoms with Crippen LogP contribution < -0.4 is 4.74 Å². The van der Waals surface area contributed by atoms with Gasteiger partial charge in [-0.1, -0.05) is 43.6 Å². The number of para-hydroxylation sites is 1. The van der Waals surface area contributed by atoms with E-state index < -0.39 is 0 Å². The van der Waals surface area contributed by atoms with Gasteiger partial charge in [-0.3, -0.25) is 4.79 Å². The molecule has 4 heteroatoms. The molecule has 0 saturated heterocycles. The van der Waals surface area contributed by atoms with Crippen LogP contribution in [0.2, 0.25) is 0 Å². The molecule has 2 atom stereocenters. The number of carbonyl (C=O) groups is 1. The lowest BCUT2D eigenvalue weighted by atomic mass is 9.97. The lowest BCUT2D eigenvalue weighted by Crippen LogP contribution is -2.07. The van der Waals surface area contributed by atoms with Crippen molar-refractivity contribution in [2.45, 2.75) is 13.8 Å². The summed E-state index contributed by atoms with van der Waals surface area (Å²) in [5, 5.41) is 0. The van der Waals surface area contributed by atoms with Crippen LogP contribution in [0.25, 0.3) is 5.57 Å². The van der Waals surface area contributed by atoms with Gasteiger partial charge in [-0.05, 0) is 17.1 Å². The zero-order valence-electron chi connectivity index (χ0n) is 12.1. The van der Waals surface area contributed by atoms with Crippen LogP contribution in [0, 0.1) is 17.3 Å². The van der Waals surface area contributed by atoms with Crippen molar-refractivity contribution in [1.82, 2.24) is 0 Å². The Balaban J connectivity index is 2.38. The maximum atomic E-state index is 11.9. The topological polar surface area (TPSA) is 35.5 Å². The van der Waals surface area contributed by atoms with Gasteiger partial charge < -0.3 is 9.47 Å². The number of benzene rings is 1. The molecule has 1 saturated carbocycles. The zero-order valence-corrected chi connectivity index (χ0v) is 12.9. The Morgan fingerprint density at radius 2 is 1.90 bits per heavy atom. The molecule has 0 bridgehead atoms. The summed E-state index contributed by atoms with van der Waals surface area (Å²) in [7, 11) is 3.04. The van der Waals surface area contributed by atoms with Crippen molar-refractivity contribution in [3.63, 3.8) is 0 Å². The Hall–Kier alpha value is -1.48. The molecule has 1 aliphatic carbocycles. The predicted molar refractivity (Wildman–Crippen MR) is 79.6 cm³/mol. The van der Waals surface area contributed by atoms with Crippen molar-refractivity contribution in [2.24, 2.45) is 17.3 Å². The maximum absolute atomic E-state index is 11.9. The Kier molecular flexibility index (Phi) is 4.09. The first kappa shape index (κ1) is 14.9. The highest BCUT2D eigenvalue weighted by Crippen LogP contribution is 2.64. The number of ether oxygens (including phenoxy) is 2. The van der Waals surface area contributed by atoms with E-state index in [4.69, 9.17) is 21.1 Å². The van der Waals surface area contributed by atoms with Gasteiger partial charge in [-0.15, -0.1) is 0 Å². The molecular weight excluding hydrogens is 276 g/mol. The largest absolute Gasteiger partial charge is 0.496 e. The summed E-state index contributed by atoms with van der Waals surface area (Å²) in [6, 6.07) is 7.68. The summed E-state index contributed by atoms with van der Waals surface area (Å²) in [4.78, 5) is 11.9. The number of esters is 1. The second-order valence-corrected chi connectivity index (χ2v) is 5.78. The van der Waals surface area contributed by atoms with E-state index in [1.165, 1.54) is 7.11 Å². The fraction of sp³-hybridized carbons (Fsp3) is 0.438. The average molecular weight is 295 g/mol. The molecule has 20 heavy (non-hydrogen) atoms. The number of allylic oxidation sites excluding steroid dienone is 1. The second kappa shape index (κ2) is 5.49. The fourth-order valence-electron chi connectivity index (χ4n) is 2.96. The molecular formula is C16H19ClO3. The molecule has 1 fully saturated rings. The summed E-state index contributed by atoms with van der Waals surface area (Å²) in [6.45, 7) is 4.10. The summed E-state index contributed by atoms with van der Waals surface area (Å²) >= 11 is 6.04. The van der Waals surface area contributed by atoms with Crippen molar-refractivity contribution in [3.05, 3.63) is 35.4 Å². The van der Waals surface area contributed by atoms with E-state index in [9.17, 15) is 4.79 Å². The number of rotatable bonds is 4. The van der Waals surface area contributed by atoms with Crippen LogP contribution in [0.4, 0.5) is 0 Å². The van der Waals surface area contributed by atoms with Crippen molar-refractivity contribution < 1.29 is 14.3 Å². The molecule has 1 aromatic rings. The standard InChI is InChI=1S/C16H19ClO3/c1-16(2)13(14(16)15(18)20-4)11(9-17)10-7-5-6-8-12(10)19-3/h5-9,13-14H,1-4H3. The first-order chi connectivity index (χ1) is 9.48. The highest BCUT2D eigenvalue weighted by atomic mass is 35.5. The Labute approximate surface area is 124 Å². The molecule has 0 aromatic heterocycles. The minimum atomic E-state index is -0.189. The molecule has 0 heterocycles. The lowest BCUT2D eigenvalue weighted by Gasteiger charge is -2.12. The Bertz CT molecular complexity index is 548. The van der Waals surface area contributed by atoms with E-state index in [1.54, 1.807) is 12.6 Å². The Morgan fingerprint density at radius 3 is 2.45 bits per heavy atom. The van der Waals surface area contributed by atoms with E-state index in [1.807, 2.05) is 24.3 Å². The van der Waals surface area contributed by atoms with E-state index >= 15 is 0 Å². The second-order valence-electron chi connectivity index (χ2n) is 5.56. The maximum Gasteiger partial charge on any atom is 0.309 e. The van der Waals surface area contributed by atoms with Gasteiger partial charge in [0.25, 0.3) is 0 Å². The van der Waals surface area contributed by atoms with Gasteiger partial charge in [-0.25, -0.2) is 0 Å². The van der Waals surface area contributed by atoms with Crippen molar-refractivity contribution in [1.29, 1.82) is 0 Å². The quantitative estimate of drug-likeness (QED) is 0.794. The number of hydrogen-bond acceptors (Lipinski definition) is 3. The number of methoxy groups -OCH3 is 2. The van der Waals surface area contributed by atoms with Crippen LogP contribution >= 0.6 is 11.6 Å². The molecule has 0 amide bonds. The summed E-state index contributed by atoms with van der Waals surface area (Å²) < 4.78 is 10.3. The molecule has 0 aliphatic heterocycles. The monoisotopic (exact) mass is 294 g/mol. The number of halogens is 1. The minimum absolute atomic E-state index is 0.0451. The minimum Gasteiger partial charge on any atom is -0.496 e. The highest BCUT2D eigenvalue weighted by molar-refractivity contribution is 6.28. The fourth-order valence-corrected chi connectivity index (χ4v) is 3.22. The molecule has 0 spiro atoms. The van der Waals surface area contributed by atoms with E-state index in [2.05, 4.69) is 13.8 Å². The summed E-state index contributed by atoms with van der Waals surface area (Å²) in [6.07, 6.45) is 0. The molecule has 0 N–H and O–H groups in total. The van der Waals surface area contributed by atoms with Crippen molar-refractivity contribution in [2.75, 3.05) is 14.2 Å². The lowest BCUT2D eigenvalue weighted by molar-refractivity contribution is -0.143. The van der Waals surface area contributed by atoms with Crippen LogP contribution in [-0.2, 0) is 9.53 Å². The predicted octanol–water partition coefficient (Wildman–Crippen LogP) is 3.72. The first-order valence-electron chi connectivity index (χ1n) is 6.50. The normalized spacial score (nSPS) is 24.1. The van der Waals surface area contributed by atoms with Crippen LogP contribution in [0.3, 0.4) is 0 Å². The van der Waals surface area contributed by atoms with Gasteiger partial charge in [0.2, 0.25) is 0 Å². The van der Waals surface area contributed by atoms with Crippen LogP contribution in [0.15, 0.2) is 29.8 Å². The summed E-state index contributed by atoms with van der Waals surface area (Å²) in [5.41, 5.74) is 3.24. The third-order valence-electron chi connectivity index (χ3n) is 4.15. The molecule has 1 aromatic carbocycles. The molecule has 2 unspecified atom stereocenters. The first-order valence-corrected chi connectivity index (χ1v) is 6.94. The van der Waals surface area contributed by atoms with E-state index in [0.717, 1.165) is 16.9 Å². The summed E-state index contributed by atoms with van der Waals surface area (Å²) in [5.74, 6) is 0.447. The van der Waals surface area contributed by atoms with Crippen molar-refractivity contribution in [3.8, 4) is 5.75 Å². The van der Waals surface area contributed by atoms with Crippen LogP contribution in [-0.4, -0.2) is 20.2 Å². The third-order valence-corrected chi connectivity index (χ3v) is 4.39. The molecule has 0 radical (unpaired) electrons. The van der Waals surface area contributed by atoms with Gasteiger partial charge in [0, 0.05) is 17.0 Å². The SMILES string of the molecule is COC(=O)C1C(C(=CCl)c2ccccc2OC)C1(C)C. The van der Waals surface area contributed by atoms with Gasteiger partial charge in [0.15, 0.2) is 0 Å². The number of hydrogen-bond donors (Lipinski definition) is 0. The van der Waals surface area contributed by atoms with Crippen LogP contribution in [0.1, 0.15) is 19.4 Å². The van der Waals surface area contributed by atoms with E-state index in [0.29, 0.717) is 0 Å². The van der Waals surface area contributed by atoms with Gasteiger partial charge in [-0.2, -0.15) is 0 Å². The molecule has 1 aliphatic rings. The average Bonchev–Trinajstić information content (AvgIpc) is 3.02. The van der Waals surface area contributed by atoms with Gasteiger partial charge in [0.05, 0.1) is 20.1 Å². The van der Waals surface area contributed by atoms with Crippen molar-refractivity contribution >= 4 is 23.1 Å².